The first-order chi connectivity index (χ1) is 5.95. The molecule has 7 heteroatoms. The van der Waals surface area contributed by atoms with Gasteiger partial charge in [-0.25, -0.2) is 9.59 Å². The molecule has 0 bridgehead atoms. The van der Waals surface area contributed by atoms with Crippen LogP contribution in [0.5, 0.6) is 0 Å². The van der Waals surface area contributed by atoms with E-state index in [2.05, 4.69) is 10.5 Å². The molecule has 0 aromatic rings. The number of aliphatic carboxylic acids is 1. The quantitative estimate of drug-likeness (QED) is 0.304. The van der Waals surface area contributed by atoms with Crippen LogP contribution >= 0.6 is 0 Å². The van der Waals surface area contributed by atoms with Gasteiger partial charge in [0.05, 0.1) is 6.61 Å². The lowest BCUT2D eigenvalue weighted by Gasteiger charge is -1.88. The fourth-order valence-electron chi connectivity index (χ4n) is 0.176. The summed E-state index contributed by atoms with van der Waals surface area (Å²) in [6, 6.07) is 0. The first-order valence-corrected chi connectivity index (χ1v) is 3.10. The van der Waals surface area contributed by atoms with Crippen LogP contribution in [0.3, 0.4) is 0 Å². The topological polar surface area (TPSA) is 124 Å². The number of ether oxygens (including phenoxy) is 1. The molecule has 0 aromatic carbocycles. The van der Waals surface area contributed by atoms with E-state index in [1.165, 1.54) is 0 Å². The van der Waals surface area contributed by atoms with Crippen LogP contribution in [0, 0.1) is 0 Å². The van der Waals surface area contributed by atoms with Crippen molar-refractivity contribution >= 4 is 24.1 Å². The Morgan fingerprint density at radius 3 is 1.92 bits per heavy atom. The van der Waals surface area contributed by atoms with E-state index in [0.717, 1.165) is 0 Å². The second-order valence-electron chi connectivity index (χ2n) is 1.54. The highest BCUT2D eigenvalue weighted by molar-refractivity contribution is 6.30. The van der Waals surface area contributed by atoms with Gasteiger partial charge in [0, 0.05) is 0 Å². The Morgan fingerprint density at radius 1 is 1.46 bits per heavy atom. The Labute approximate surface area is 73.5 Å². The average molecular weight is 191 g/mol. The molecular formula is C6H9NO6. The number of hydrogen-bond acceptors (Lipinski definition) is 5. The molecule has 0 saturated carbocycles. The number of carbonyl (C=O) groups excluding carboxylic acids is 3. The van der Waals surface area contributed by atoms with Crippen molar-refractivity contribution in [3.05, 3.63) is 0 Å². The number of carboxylic acids is 1. The van der Waals surface area contributed by atoms with E-state index in [0.29, 0.717) is 0 Å². The molecule has 3 N–H and O–H groups in total. The molecule has 13 heavy (non-hydrogen) atoms. The maximum absolute atomic E-state index is 9.82. The molecule has 0 saturated heterocycles. The van der Waals surface area contributed by atoms with Crippen LogP contribution in [-0.4, -0.2) is 35.8 Å². The van der Waals surface area contributed by atoms with E-state index in [9.17, 15) is 19.2 Å². The van der Waals surface area contributed by atoms with Gasteiger partial charge < -0.3 is 15.6 Å². The number of primary amides is 1. The molecule has 0 aromatic heterocycles. The molecule has 74 valence electrons. The molecule has 0 heterocycles. The van der Waals surface area contributed by atoms with Gasteiger partial charge in [0.15, 0.2) is 0 Å². The normalized spacial score (nSPS) is 7.46. The van der Waals surface area contributed by atoms with Gasteiger partial charge in [0.2, 0.25) is 6.29 Å². The molecule has 0 aliphatic rings. The van der Waals surface area contributed by atoms with E-state index in [1.807, 2.05) is 0 Å². The van der Waals surface area contributed by atoms with Crippen LogP contribution in [-0.2, 0) is 23.9 Å². The molecule has 0 unspecified atom stereocenters. The highest BCUT2D eigenvalue weighted by Crippen LogP contribution is 1.68. The molecule has 0 fully saturated rings. The third-order valence-corrected chi connectivity index (χ3v) is 0.594. The molecule has 0 aliphatic heterocycles. The molecule has 0 atom stereocenters. The Bertz CT molecular complexity index is 199. The Hall–Kier alpha value is -1.92. The van der Waals surface area contributed by atoms with Gasteiger partial charge in [0.25, 0.3) is 0 Å². The molecule has 0 aliphatic carbocycles. The van der Waals surface area contributed by atoms with Crippen molar-refractivity contribution in [2.24, 2.45) is 5.73 Å². The standard InChI is InChI=1S/C4H6O3.C2H3NO3/c1-2-7-4(6)3-5;3-1(4)2(5)6/h3H,2H2,1H3;(H2,3,4)(H,5,6). The number of hydrogen-bond donors (Lipinski definition) is 2. The SMILES string of the molecule is CCOC(=O)C=O.NC(=O)C(=O)O. The maximum Gasteiger partial charge on any atom is 0.394 e. The lowest BCUT2D eigenvalue weighted by atomic mass is 10.7. The summed E-state index contributed by atoms with van der Waals surface area (Å²) >= 11 is 0. The zero-order valence-electron chi connectivity index (χ0n) is 6.85. The van der Waals surface area contributed by atoms with Gasteiger partial charge in [-0.2, -0.15) is 0 Å². The van der Waals surface area contributed by atoms with Gasteiger partial charge in [-0.05, 0) is 6.92 Å². The van der Waals surface area contributed by atoms with Gasteiger partial charge in [-0.3, -0.25) is 9.59 Å². The van der Waals surface area contributed by atoms with Gasteiger partial charge in [-0.15, -0.1) is 0 Å². The van der Waals surface area contributed by atoms with E-state index in [4.69, 9.17) is 5.11 Å². The zero-order chi connectivity index (χ0) is 10.9. The summed E-state index contributed by atoms with van der Waals surface area (Å²) in [5.74, 6) is -3.73. The molecule has 1 amide bonds. The fourth-order valence-corrected chi connectivity index (χ4v) is 0.176. The van der Waals surface area contributed by atoms with Crippen molar-refractivity contribution < 1.29 is 29.0 Å². The molecular weight excluding hydrogens is 182 g/mol. The molecule has 0 spiro atoms. The smallest absolute Gasteiger partial charge is 0.394 e. The second kappa shape index (κ2) is 8.18. The van der Waals surface area contributed by atoms with E-state index < -0.39 is 17.8 Å². The first-order valence-electron chi connectivity index (χ1n) is 3.10. The minimum Gasteiger partial charge on any atom is -0.474 e. The van der Waals surface area contributed by atoms with E-state index in [1.54, 1.807) is 6.92 Å². The van der Waals surface area contributed by atoms with Crippen LogP contribution in [0.25, 0.3) is 0 Å². The summed E-state index contributed by atoms with van der Waals surface area (Å²) in [7, 11) is 0. The third kappa shape index (κ3) is 13.1. The number of aldehydes is 1. The third-order valence-electron chi connectivity index (χ3n) is 0.594. The zero-order valence-corrected chi connectivity index (χ0v) is 6.85. The lowest BCUT2D eigenvalue weighted by molar-refractivity contribution is -0.148. The fraction of sp³-hybridized carbons (Fsp3) is 0.333. The Balaban J connectivity index is 0. The van der Waals surface area contributed by atoms with E-state index >= 15 is 0 Å². The largest absolute Gasteiger partial charge is 0.474 e. The molecule has 0 radical (unpaired) electrons. The Morgan fingerprint density at radius 2 is 1.85 bits per heavy atom. The average Bonchev–Trinajstić information content (AvgIpc) is 2.05. The summed E-state index contributed by atoms with van der Waals surface area (Å²) < 4.78 is 4.18. The van der Waals surface area contributed by atoms with Crippen LogP contribution in [0.1, 0.15) is 6.92 Å². The van der Waals surface area contributed by atoms with Crippen molar-refractivity contribution in [3.8, 4) is 0 Å². The van der Waals surface area contributed by atoms with Crippen LogP contribution in [0.2, 0.25) is 0 Å². The monoisotopic (exact) mass is 191 g/mol. The van der Waals surface area contributed by atoms with Crippen LogP contribution in [0.4, 0.5) is 0 Å². The minimum absolute atomic E-state index is 0.142. The van der Waals surface area contributed by atoms with Crippen molar-refractivity contribution in [2.75, 3.05) is 6.61 Å². The summed E-state index contributed by atoms with van der Waals surface area (Å²) in [5, 5.41) is 7.52. The summed E-state index contributed by atoms with van der Waals surface area (Å²) in [4.78, 5) is 37.8. The molecule has 0 rings (SSSR count). The van der Waals surface area contributed by atoms with Crippen LogP contribution in [0.15, 0.2) is 0 Å². The summed E-state index contributed by atoms with van der Waals surface area (Å²) in [6.07, 6.45) is 0.142. The number of amides is 1. The first kappa shape index (κ1) is 13.7. The van der Waals surface area contributed by atoms with Gasteiger partial charge >= 0.3 is 17.8 Å². The van der Waals surface area contributed by atoms with E-state index in [-0.39, 0.29) is 12.9 Å². The van der Waals surface area contributed by atoms with Crippen LogP contribution < -0.4 is 5.73 Å². The number of nitrogens with two attached hydrogens (primary N) is 1. The highest BCUT2D eigenvalue weighted by atomic mass is 16.5. The van der Waals surface area contributed by atoms with Crippen molar-refractivity contribution in [1.82, 2.24) is 0 Å². The molecule has 7 nitrogen and oxygen atoms in total. The minimum atomic E-state index is -1.60. The number of rotatable bonds is 2. The predicted molar refractivity (Wildman–Crippen MR) is 39.5 cm³/mol. The van der Waals surface area contributed by atoms with Gasteiger partial charge in [0.1, 0.15) is 0 Å². The van der Waals surface area contributed by atoms with Crippen molar-refractivity contribution in [3.63, 3.8) is 0 Å². The maximum atomic E-state index is 9.82. The lowest BCUT2D eigenvalue weighted by Crippen LogP contribution is -2.21. The summed E-state index contributed by atoms with van der Waals surface area (Å²) in [6.45, 7) is 1.90. The Kier molecular flexibility index (Phi) is 8.59. The van der Waals surface area contributed by atoms with Crippen molar-refractivity contribution in [2.45, 2.75) is 6.92 Å². The second-order valence-corrected chi connectivity index (χ2v) is 1.54. The van der Waals surface area contributed by atoms with Crippen molar-refractivity contribution in [1.29, 1.82) is 0 Å². The van der Waals surface area contributed by atoms with Gasteiger partial charge in [-0.1, -0.05) is 0 Å². The predicted octanol–water partition coefficient (Wildman–Crippen LogP) is -1.70. The number of carbonyl (C=O) groups is 4. The highest BCUT2D eigenvalue weighted by Gasteiger charge is 2.00. The number of esters is 1. The number of carboxylic acid groups (broad SMARTS) is 1. The summed E-state index contributed by atoms with van der Waals surface area (Å²) in [5.41, 5.74) is 4.20.